The van der Waals surface area contributed by atoms with Crippen LogP contribution < -0.4 is 0 Å². The van der Waals surface area contributed by atoms with Crippen molar-refractivity contribution >= 4 is 0 Å². The van der Waals surface area contributed by atoms with Gasteiger partial charge in [0.25, 0.3) is 0 Å². The molecule has 10 heteroatoms. The van der Waals surface area contributed by atoms with Crippen LogP contribution in [0.5, 0.6) is 5.75 Å². The van der Waals surface area contributed by atoms with Crippen molar-refractivity contribution in [1.29, 1.82) is 0 Å². The van der Waals surface area contributed by atoms with Crippen LogP contribution >= 0.6 is 0 Å². The lowest BCUT2D eigenvalue weighted by molar-refractivity contribution is -0.362. The molecule has 6 rings (SSSR count). The molecule has 1 saturated heterocycles. The number of hydrogen-bond acceptors (Lipinski definition) is 5. The van der Waals surface area contributed by atoms with E-state index in [4.69, 9.17) is 9.47 Å². The van der Waals surface area contributed by atoms with Crippen molar-refractivity contribution in [2.45, 2.75) is 107 Å². The minimum absolute atomic E-state index is 0.00176. The number of ether oxygens (including phenoxy) is 2. The molecule has 3 N–H and O–H groups in total. The molecule has 5 aliphatic rings. The minimum atomic E-state index is -5.90. The highest BCUT2D eigenvalue weighted by atomic mass is 19.4. The van der Waals surface area contributed by atoms with Crippen LogP contribution in [0.15, 0.2) is 35.4 Å². The molecule has 1 aromatic carbocycles. The van der Waals surface area contributed by atoms with Crippen LogP contribution in [0.4, 0.5) is 22.0 Å². The second kappa shape index (κ2) is 8.89. The fraction of sp³-hybridized carbons (Fsp3) is 0.742. The predicted molar refractivity (Wildman–Crippen MR) is 139 cm³/mol. The number of fused-ring (bicyclic) bond motifs is 4. The summed E-state index contributed by atoms with van der Waals surface area (Å²) in [6.07, 6.45) is -4.80. The molecule has 0 radical (unpaired) electrons. The van der Waals surface area contributed by atoms with E-state index in [1.54, 1.807) is 12.1 Å². The lowest BCUT2D eigenvalue weighted by atomic mass is 9.49. The number of aromatic hydroxyl groups is 1. The van der Waals surface area contributed by atoms with Gasteiger partial charge in [0.2, 0.25) is 0 Å². The molecule has 4 fully saturated rings. The number of phenols is 1. The molecule has 6 atom stereocenters. The maximum absolute atomic E-state index is 15.1. The van der Waals surface area contributed by atoms with Gasteiger partial charge in [-0.3, -0.25) is 0 Å². The van der Waals surface area contributed by atoms with Gasteiger partial charge in [-0.05, 0) is 73.6 Å². The van der Waals surface area contributed by atoms with E-state index >= 15 is 8.78 Å². The number of aliphatic hydroxyl groups is 2. The van der Waals surface area contributed by atoms with Crippen molar-refractivity contribution in [3.8, 4) is 5.75 Å². The SMILES string of the molecule is CC1(C)COC2(CCC3=C4C(CC[C@@]3(O)C2)C2CC[C@@](O)(C(F)(F)C(F)(F)F)[C@@]2(C)C[C@@H]4c2ccc(O)cc2)OC1. The van der Waals surface area contributed by atoms with Crippen molar-refractivity contribution in [2.75, 3.05) is 13.2 Å². The standard InChI is InChI=1S/C31H39F5O5/c1-25(2)16-40-28(41-17-25)12-9-23-24-20(8-11-27(23,38)15-28)22-10-13-29(39,30(32,33)31(34,35)36)26(22,3)14-21(24)18-4-6-19(37)7-5-18/h4-7,20-22,37-39H,8-17H2,1-3H3/t20?,21-,22?,26+,27-,29+/m1/s1. The van der Waals surface area contributed by atoms with Crippen LogP contribution in [-0.2, 0) is 9.47 Å². The molecule has 0 amide bonds. The summed E-state index contributed by atoms with van der Waals surface area (Å²) in [4.78, 5) is 0. The Morgan fingerprint density at radius 2 is 1.51 bits per heavy atom. The first-order chi connectivity index (χ1) is 18.9. The summed E-state index contributed by atoms with van der Waals surface area (Å²) in [5, 5.41) is 33.5. The van der Waals surface area contributed by atoms with E-state index < -0.39 is 52.8 Å². The van der Waals surface area contributed by atoms with E-state index in [9.17, 15) is 28.5 Å². The highest BCUT2D eigenvalue weighted by molar-refractivity contribution is 5.45. The Morgan fingerprint density at radius 3 is 2.12 bits per heavy atom. The summed E-state index contributed by atoms with van der Waals surface area (Å²) >= 11 is 0. The van der Waals surface area contributed by atoms with Crippen molar-refractivity contribution < 1.29 is 46.7 Å². The summed E-state index contributed by atoms with van der Waals surface area (Å²) in [6, 6.07) is 6.23. The molecule has 1 heterocycles. The maximum Gasteiger partial charge on any atom is 0.456 e. The first kappa shape index (κ1) is 29.3. The van der Waals surface area contributed by atoms with E-state index in [-0.39, 0.29) is 36.3 Å². The van der Waals surface area contributed by atoms with Gasteiger partial charge in [0.1, 0.15) is 11.4 Å². The van der Waals surface area contributed by atoms with Crippen molar-refractivity contribution in [3.63, 3.8) is 0 Å². The monoisotopic (exact) mass is 586 g/mol. The fourth-order valence-electron chi connectivity index (χ4n) is 9.01. The number of hydrogen-bond donors (Lipinski definition) is 3. The van der Waals surface area contributed by atoms with Crippen LogP contribution in [0.25, 0.3) is 0 Å². The topological polar surface area (TPSA) is 79.2 Å². The molecule has 41 heavy (non-hydrogen) atoms. The van der Waals surface area contributed by atoms with Gasteiger partial charge in [0, 0.05) is 29.6 Å². The first-order valence-electron chi connectivity index (χ1n) is 14.6. The van der Waals surface area contributed by atoms with Gasteiger partial charge < -0.3 is 24.8 Å². The Hall–Kier alpha value is -1.75. The first-order valence-corrected chi connectivity index (χ1v) is 14.6. The molecular weight excluding hydrogens is 547 g/mol. The van der Waals surface area contributed by atoms with E-state index in [0.29, 0.717) is 44.5 Å². The third-order valence-electron chi connectivity index (χ3n) is 11.2. The lowest BCUT2D eigenvalue weighted by Crippen LogP contribution is -2.65. The minimum Gasteiger partial charge on any atom is -0.508 e. The molecule has 228 valence electrons. The van der Waals surface area contributed by atoms with Crippen LogP contribution in [0.2, 0.25) is 0 Å². The zero-order valence-corrected chi connectivity index (χ0v) is 23.7. The average Bonchev–Trinajstić information content (AvgIpc) is 3.16. The second-order valence-corrected chi connectivity index (χ2v) is 14.3. The van der Waals surface area contributed by atoms with Crippen LogP contribution in [0.3, 0.4) is 0 Å². The summed E-state index contributed by atoms with van der Waals surface area (Å²) in [5.74, 6) is -7.82. The van der Waals surface area contributed by atoms with Gasteiger partial charge in [-0.1, -0.05) is 38.5 Å². The van der Waals surface area contributed by atoms with Crippen molar-refractivity contribution in [1.82, 2.24) is 0 Å². The zero-order valence-electron chi connectivity index (χ0n) is 23.7. The Labute approximate surface area is 236 Å². The molecular formula is C31H39F5O5. The smallest absolute Gasteiger partial charge is 0.456 e. The third-order valence-corrected chi connectivity index (χ3v) is 11.2. The van der Waals surface area contributed by atoms with Crippen LogP contribution in [0.1, 0.15) is 83.6 Å². The Morgan fingerprint density at radius 1 is 0.878 bits per heavy atom. The molecule has 1 aromatic rings. The maximum atomic E-state index is 15.1. The van der Waals surface area contributed by atoms with Crippen LogP contribution in [-0.4, -0.2) is 57.6 Å². The van der Waals surface area contributed by atoms with Gasteiger partial charge in [-0.25, -0.2) is 0 Å². The van der Waals surface area contributed by atoms with Gasteiger partial charge in [0.15, 0.2) is 5.79 Å². The zero-order chi connectivity index (χ0) is 29.9. The number of benzene rings is 1. The van der Waals surface area contributed by atoms with Gasteiger partial charge in [-0.15, -0.1) is 0 Å². The number of allylic oxidation sites excluding steroid dienone is 1. The lowest BCUT2D eigenvalue weighted by Gasteiger charge is -2.59. The van der Waals surface area contributed by atoms with Crippen molar-refractivity contribution in [3.05, 3.63) is 41.0 Å². The summed E-state index contributed by atoms with van der Waals surface area (Å²) in [5.41, 5.74) is -4.09. The number of rotatable bonds is 2. The largest absolute Gasteiger partial charge is 0.508 e. The van der Waals surface area contributed by atoms with Gasteiger partial charge in [0.05, 0.1) is 18.8 Å². The predicted octanol–water partition coefficient (Wildman–Crippen LogP) is 6.62. The number of alkyl halides is 5. The molecule has 0 bridgehead atoms. The second-order valence-electron chi connectivity index (χ2n) is 14.3. The van der Waals surface area contributed by atoms with E-state index in [0.717, 1.165) is 11.1 Å². The van der Waals surface area contributed by atoms with Crippen LogP contribution in [0, 0.1) is 22.7 Å². The van der Waals surface area contributed by atoms with Gasteiger partial charge >= 0.3 is 12.1 Å². The Balaban J connectivity index is 1.45. The number of phenolic OH excluding ortho intramolecular Hbond substituents is 1. The number of halogens is 5. The summed E-state index contributed by atoms with van der Waals surface area (Å²) in [7, 11) is 0. The average molecular weight is 587 g/mol. The summed E-state index contributed by atoms with van der Waals surface area (Å²) < 4.78 is 84.0. The van der Waals surface area contributed by atoms with E-state index in [1.807, 2.05) is 13.8 Å². The van der Waals surface area contributed by atoms with Crippen molar-refractivity contribution in [2.24, 2.45) is 22.7 Å². The Kier molecular flexibility index (Phi) is 6.36. The molecule has 3 saturated carbocycles. The Bertz CT molecular complexity index is 1230. The highest BCUT2D eigenvalue weighted by Gasteiger charge is 2.79. The molecule has 5 nitrogen and oxygen atoms in total. The fourth-order valence-corrected chi connectivity index (χ4v) is 9.01. The highest BCUT2D eigenvalue weighted by Crippen LogP contribution is 2.71. The molecule has 1 aliphatic heterocycles. The molecule has 0 aromatic heterocycles. The summed E-state index contributed by atoms with van der Waals surface area (Å²) in [6.45, 7) is 6.45. The molecule has 2 unspecified atom stereocenters. The quantitative estimate of drug-likeness (QED) is 0.268. The van der Waals surface area contributed by atoms with E-state index in [1.165, 1.54) is 19.1 Å². The molecule has 1 spiro atoms. The molecule has 4 aliphatic carbocycles. The third kappa shape index (κ3) is 4.14. The normalized spacial score (nSPS) is 40.2. The van der Waals surface area contributed by atoms with Gasteiger partial charge in [-0.2, -0.15) is 22.0 Å². The van der Waals surface area contributed by atoms with E-state index in [2.05, 4.69) is 0 Å².